The van der Waals surface area contributed by atoms with E-state index in [1.807, 2.05) is 32.0 Å². The van der Waals surface area contributed by atoms with Crippen LogP contribution in [0.5, 0.6) is 0 Å². The molecule has 22 heavy (non-hydrogen) atoms. The first kappa shape index (κ1) is 13.9. The highest BCUT2D eigenvalue weighted by Crippen LogP contribution is 2.30. The van der Waals surface area contributed by atoms with Crippen molar-refractivity contribution >= 4 is 28.1 Å². The number of aromatic nitrogens is 2. The highest BCUT2D eigenvalue weighted by Gasteiger charge is 2.14. The Morgan fingerprint density at radius 3 is 2.50 bits per heavy atom. The zero-order valence-corrected chi connectivity index (χ0v) is 12.2. The summed E-state index contributed by atoms with van der Waals surface area (Å²) in [6.07, 6.45) is 0. The van der Waals surface area contributed by atoms with Crippen molar-refractivity contribution in [2.75, 3.05) is 5.32 Å². The number of rotatable bonds is 3. The molecule has 0 amide bonds. The largest absolute Gasteiger partial charge is 0.349 e. The molecule has 3 rings (SSSR count). The number of pyridine rings is 2. The number of nitro benzene ring substituents is 1. The summed E-state index contributed by atoms with van der Waals surface area (Å²) < 4.78 is 0. The topological polar surface area (TPSA) is 81.0 Å². The first-order valence-electron chi connectivity index (χ1n) is 6.80. The Morgan fingerprint density at radius 1 is 1.00 bits per heavy atom. The Balaban J connectivity index is 2.14. The molecule has 1 aromatic carbocycles. The SMILES string of the molecule is Cc1ccc2c(Nc3ccccc3[N+](=O)[O-])cc(C)nc2n1. The lowest BCUT2D eigenvalue weighted by Gasteiger charge is -2.11. The lowest BCUT2D eigenvalue weighted by Crippen LogP contribution is -1.99. The van der Waals surface area contributed by atoms with Gasteiger partial charge < -0.3 is 5.32 Å². The fourth-order valence-corrected chi connectivity index (χ4v) is 2.31. The molecule has 3 aromatic rings. The summed E-state index contributed by atoms with van der Waals surface area (Å²) in [6, 6.07) is 12.2. The van der Waals surface area contributed by atoms with E-state index >= 15 is 0 Å². The van der Waals surface area contributed by atoms with Crippen molar-refractivity contribution in [3.05, 3.63) is 64.0 Å². The van der Waals surface area contributed by atoms with E-state index in [-0.39, 0.29) is 5.69 Å². The van der Waals surface area contributed by atoms with E-state index < -0.39 is 4.92 Å². The molecule has 0 aliphatic rings. The van der Waals surface area contributed by atoms with Crippen LogP contribution < -0.4 is 5.32 Å². The number of hydrogen-bond donors (Lipinski definition) is 1. The Morgan fingerprint density at radius 2 is 1.73 bits per heavy atom. The van der Waals surface area contributed by atoms with E-state index in [1.165, 1.54) is 6.07 Å². The van der Waals surface area contributed by atoms with E-state index in [0.717, 1.165) is 22.5 Å². The normalized spacial score (nSPS) is 10.6. The summed E-state index contributed by atoms with van der Waals surface area (Å²) in [6.45, 7) is 3.77. The molecule has 0 aliphatic carbocycles. The average molecular weight is 294 g/mol. The van der Waals surface area contributed by atoms with E-state index in [0.29, 0.717) is 11.3 Å². The van der Waals surface area contributed by atoms with Crippen molar-refractivity contribution in [1.29, 1.82) is 0 Å². The minimum atomic E-state index is -0.402. The lowest BCUT2D eigenvalue weighted by atomic mass is 10.2. The van der Waals surface area contributed by atoms with E-state index in [1.54, 1.807) is 18.2 Å². The van der Waals surface area contributed by atoms with Gasteiger partial charge >= 0.3 is 0 Å². The van der Waals surface area contributed by atoms with Crippen LogP contribution in [0.3, 0.4) is 0 Å². The summed E-state index contributed by atoms with van der Waals surface area (Å²) in [5.41, 5.74) is 3.53. The van der Waals surface area contributed by atoms with Crippen LogP contribution in [0.1, 0.15) is 11.4 Å². The first-order chi connectivity index (χ1) is 10.5. The smallest absolute Gasteiger partial charge is 0.292 e. The zero-order valence-electron chi connectivity index (χ0n) is 12.2. The van der Waals surface area contributed by atoms with Gasteiger partial charge in [-0.25, -0.2) is 9.97 Å². The van der Waals surface area contributed by atoms with Gasteiger partial charge in [0.2, 0.25) is 0 Å². The number of benzene rings is 1. The van der Waals surface area contributed by atoms with Gasteiger partial charge in [-0.2, -0.15) is 0 Å². The van der Waals surface area contributed by atoms with Crippen molar-refractivity contribution in [3.63, 3.8) is 0 Å². The van der Waals surface area contributed by atoms with E-state index in [2.05, 4.69) is 15.3 Å². The molecule has 0 saturated carbocycles. The number of nitrogens with zero attached hydrogens (tertiary/aromatic N) is 3. The van der Waals surface area contributed by atoms with Gasteiger partial charge in [0.15, 0.2) is 5.65 Å². The fourth-order valence-electron chi connectivity index (χ4n) is 2.31. The molecule has 1 N–H and O–H groups in total. The van der Waals surface area contributed by atoms with Gasteiger partial charge in [-0.15, -0.1) is 0 Å². The highest BCUT2D eigenvalue weighted by atomic mass is 16.6. The summed E-state index contributed by atoms with van der Waals surface area (Å²) in [4.78, 5) is 19.5. The maximum absolute atomic E-state index is 11.1. The van der Waals surface area contributed by atoms with Crippen LogP contribution >= 0.6 is 0 Å². The molecular formula is C16H14N4O2. The minimum absolute atomic E-state index is 0.0326. The number of nitro groups is 1. The highest BCUT2D eigenvalue weighted by molar-refractivity contribution is 5.92. The van der Waals surface area contributed by atoms with E-state index in [9.17, 15) is 10.1 Å². The van der Waals surface area contributed by atoms with Crippen LogP contribution in [-0.2, 0) is 0 Å². The van der Waals surface area contributed by atoms with Gasteiger partial charge in [0.25, 0.3) is 5.69 Å². The molecular weight excluding hydrogens is 280 g/mol. The second-order valence-corrected chi connectivity index (χ2v) is 5.03. The van der Waals surface area contributed by atoms with Crippen LogP contribution in [0.2, 0.25) is 0 Å². The standard InChI is InChI=1S/C16H14N4O2/c1-10-7-8-12-14(9-11(2)18-16(12)17-10)19-13-5-3-4-6-15(13)20(21)22/h3-9H,1-2H3,(H,17,18,19). The number of fused-ring (bicyclic) bond motifs is 1. The Bertz CT molecular complexity index is 872. The van der Waals surface area contributed by atoms with Gasteiger partial charge in [-0.1, -0.05) is 12.1 Å². The molecule has 0 spiro atoms. The number of aryl methyl sites for hydroxylation is 2. The monoisotopic (exact) mass is 294 g/mol. The molecule has 6 nitrogen and oxygen atoms in total. The second kappa shape index (κ2) is 5.40. The molecule has 0 unspecified atom stereocenters. The molecule has 0 radical (unpaired) electrons. The average Bonchev–Trinajstić information content (AvgIpc) is 2.46. The van der Waals surface area contributed by atoms with Crippen LogP contribution in [0.4, 0.5) is 17.1 Å². The zero-order chi connectivity index (χ0) is 15.7. The van der Waals surface area contributed by atoms with Crippen LogP contribution in [0.25, 0.3) is 11.0 Å². The van der Waals surface area contributed by atoms with E-state index in [4.69, 9.17) is 0 Å². The number of anilines is 2. The predicted molar refractivity (Wildman–Crippen MR) is 85.4 cm³/mol. The number of nitrogens with one attached hydrogen (secondary N) is 1. The minimum Gasteiger partial charge on any atom is -0.349 e. The van der Waals surface area contributed by atoms with Gasteiger partial charge in [0, 0.05) is 22.8 Å². The molecule has 6 heteroatoms. The first-order valence-corrected chi connectivity index (χ1v) is 6.80. The molecule has 0 bridgehead atoms. The predicted octanol–water partition coefficient (Wildman–Crippen LogP) is 3.90. The van der Waals surface area contributed by atoms with Crippen molar-refractivity contribution in [2.45, 2.75) is 13.8 Å². The number of hydrogen-bond acceptors (Lipinski definition) is 5. The molecule has 0 aliphatic heterocycles. The van der Waals surface area contributed by atoms with Crippen LogP contribution in [0.15, 0.2) is 42.5 Å². The molecule has 110 valence electrons. The third kappa shape index (κ3) is 2.58. The van der Waals surface area contributed by atoms with Crippen LogP contribution in [-0.4, -0.2) is 14.9 Å². The number of para-hydroxylation sites is 2. The quantitative estimate of drug-likeness (QED) is 0.585. The lowest BCUT2D eigenvalue weighted by molar-refractivity contribution is -0.383. The molecule has 0 atom stereocenters. The second-order valence-electron chi connectivity index (χ2n) is 5.03. The van der Waals surface area contributed by atoms with Crippen molar-refractivity contribution in [1.82, 2.24) is 9.97 Å². The molecule has 0 fully saturated rings. The van der Waals surface area contributed by atoms with Gasteiger partial charge in [0.1, 0.15) is 5.69 Å². The van der Waals surface area contributed by atoms with Gasteiger partial charge in [-0.3, -0.25) is 10.1 Å². The van der Waals surface area contributed by atoms with Gasteiger partial charge in [0.05, 0.1) is 10.6 Å². The van der Waals surface area contributed by atoms with Crippen molar-refractivity contribution in [2.24, 2.45) is 0 Å². The third-order valence-corrected chi connectivity index (χ3v) is 3.31. The maximum atomic E-state index is 11.1. The molecule has 0 saturated heterocycles. The summed E-state index contributed by atoms with van der Waals surface area (Å²) in [5, 5.41) is 15.1. The van der Waals surface area contributed by atoms with Gasteiger partial charge in [-0.05, 0) is 38.1 Å². The Hall–Kier alpha value is -3.02. The molecule has 2 aromatic heterocycles. The fraction of sp³-hybridized carbons (Fsp3) is 0.125. The Kier molecular flexibility index (Phi) is 3.42. The van der Waals surface area contributed by atoms with Crippen molar-refractivity contribution in [3.8, 4) is 0 Å². The summed E-state index contributed by atoms with van der Waals surface area (Å²) in [5.74, 6) is 0. The Labute approximate surface area is 127 Å². The summed E-state index contributed by atoms with van der Waals surface area (Å²) in [7, 11) is 0. The molecule has 2 heterocycles. The maximum Gasteiger partial charge on any atom is 0.292 e. The van der Waals surface area contributed by atoms with Crippen LogP contribution in [0, 0.1) is 24.0 Å². The third-order valence-electron chi connectivity index (χ3n) is 3.31. The summed E-state index contributed by atoms with van der Waals surface area (Å²) >= 11 is 0. The van der Waals surface area contributed by atoms with Crippen molar-refractivity contribution < 1.29 is 4.92 Å².